The Hall–Kier alpha value is -3.07. The van der Waals surface area contributed by atoms with Gasteiger partial charge in [-0.25, -0.2) is 0 Å². The van der Waals surface area contributed by atoms with Crippen molar-refractivity contribution in [2.45, 2.75) is 10.9 Å². The third kappa shape index (κ3) is 3.65. The van der Waals surface area contributed by atoms with Gasteiger partial charge in [-0.1, -0.05) is 71.9 Å². The van der Waals surface area contributed by atoms with E-state index in [4.69, 9.17) is 11.6 Å². The van der Waals surface area contributed by atoms with Gasteiger partial charge in [0.05, 0.1) is 16.7 Å². The number of aromatic nitrogens is 3. The lowest BCUT2D eigenvalue weighted by Gasteiger charge is -2.11. The van der Waals surface area contributed by atoms with Crippen LogP contribution >= 0.6 is 23.4 Å². The first-order chi connectivity index (χ1) is 13.8. The molecule has 0 fully saturated rings. The van der Waals surface area contributed by atoms with Crippen LogP contribution in [0.25, 0.3) is 17.1 Å². The maximum Gasteiger partial charge on any atom is 0.196 e. The lowest BCUT2D eigenvalue weighted by molar-refractivity contribution is 0.886. The molecule has 0 saturated heterocycles. The first-order valence-corrected chi connectivity index (χ1v) is 10.0. The van der Waals surface area contributed by atoms with Crippen LogP contribution in [0.2, 0.25) is 5.02 Å². The predicted molar refractivity (Wildman–Crippen MR) is 113 cm³/mol. The number of nitrogens with zero attached hydrogens (tertiary/aromatic N) is 4. The van der Waals surface area contributed by atoms with E-state index in [2.05, 4.69) is 16.3 Å². The van der Waals surface area contributed by atoms with Gasteiger partial charge in [0, 0.05) is 17.0 Å². The van der Waals surface area contributed by atoms with Crippen molar-refractivity contribution >= 4 is 23.4 Å². The van der Waals surface area contributed by atoms with Crippen LogP contribution in [0, 0.1) is 11.3 Å². The standard InChI is InChI=1S/C22H15ClN4S/c23-20-13-7-6-12-19(20)21-25-26-22(27(21)18-10-2-1-3-11-18)28-15-17-9-5-4-8-16(17)14-24/h1-13H,15H2. The zero-order valence-corrected chi connectivity index (χ0v) is 16.4. The molecule has 0 unspecified atom stereocenters. The van der Waals surface area contributed by atoms with E-state index in [9.17, 15) is 5.26 Å². The number of hydrogen-bond donors (Lipinski definition) is 0. The normalized spacial score (nSPS) is 10.6. The van der Waals surface area contributed by atoms with Crippen molar-refractivity contribution in [2.24, 2.45) is 0 Å². The van der Waals surface area contributed by atoms with Gasteiger partial charge in [-0.05, 0) is 35.9 Å². The molecule has 0 aliphatic heterocycles. The number of benzene rings is 3. The molecule has 0 bridgehead atoms. The molecule has 136 valence electrons. The molecule has 0 aliphatic rings. The minimum atomic E-state index is 0.622. The van der Waals surface area contributed by atoms with Gasteiger partial charge in [0.15, 0.2) is 11.0 Å². The smallest absolute Gasteiger partial charge is 0.196 e. The SMILES string of the molecule is N#Cc1ccccc1CSc1nnc(-c2ccccc2Cl)n1-c1ccccc1. The van der Waals surface area contributed by atoms with E-state index < -0.39 is 0 Å². The zero-order chi connectivity index (χ0) is 19.3. The van der Waals surface area contributed by atoms with E-state index in [0.717, 1.165) is 22.0 Å². The van der Waals surface area contributed by atoms with Crippen LogP contribution in [-0.2, 0) is 5.75 Å². The van der Waals surface area contributed by atoms with Crippen molar-refractivity contribution in [1.82, 2.24) is 14.8 Å². The summed E-state index contributed by atoms with van der Waals surface area (Å²) >= 11 is 7.96. The molecule has 0 radical (unpaired) electrons. The third-order valence-corrected chi connectivity index (χ3v) is 5.56. The van der Waals surface area contributed by atoms with E-state index in [-0.39, 0.29) is 0 Å². The maximum atomic E-state index is 9.32. The van der Waals surface area contributed by atoms with Gasteiger partial charge in [0.1, 0.15) is 0 Å². The fourth-order valence-electron chi connectivity index (χ4n) is 2.89. The van der Waals surface area contributed by atoms with E-state index in [1.54, 1.807) is 11.8 Å². The Kier molecular flexibility index (Phi) is 5.43. The highest BCUT2D eigenvalue weighted by Crippen LogP contribution is 2.33. The van der Waals surface area contributed by atoms with Crippen LogP contribution in [0.15, 0.2) is 84.0 Å². The Morgan fingerprint density at radius 2 is 1.61 bits per heavy atom. The van der Waals surface area contributed by atoms with Gasteiger partial charge in [0.25, 0.3) is 0 Å². The Labute approximate surface area is 172 Å². The molecule has 0 N–H and O–H groups in total. The monoisotopic (exact) mass is 402 g/mol. The van der Waals surface area contributed by atoms with Crippen LogP contribution < -0.4 is 0 Å². The van der Waals surface area contributed by atoms with Crippen molar-refractivity contribution in [3.63, 3.8) is 0 Å². The lowest BCUT2D eigenvalue weighted by atomic mass is 10.1. The summed E-state index contributed by atoms with van der Waals surface area (Å²) in [4.78, 5) is 0. The zero-order valence-electron chi connectivity index (χ0n) is 14.8. The second kappa shape index (κ2) is 8.30. The van der Waals surface area contributed by atoms with E-state index in [1.807, 2.05) is 83.4 Å². The molecule has 4 nitrogen and oxygen atoms in total. The fraction of sp³-hybridized carbons (Fsp3) is 0.0455. The number of para-hydroxylation sites is 1. The van der Waals surface area contributed by atoms with Gasteiger partial charge in [-0.2, -0.15) is 5.26 Å². The largest absolute Gasteiger partial charge is 0.270 e. The van der Waals surface area contributed by atoms with Crippen LogP contribution in [0.1, 0.15) is 11.1 Å². The molecule has 0 atom stereocenters. The average Bonchev–Trinajstić information content (AvgIpc) is 3.17. The first kappa shape index (κ1) is 18.3. The predicted octanol–water partition coefficient (Wildman–Crippen LogP) is 5.75. The van der Waals surface area contributed by atoms with Crippen LogP contribution in [-0.4, -0.2) is 14.8 Å². The molecule has 1 aromatic heterocycles. The topological polar surface area (TPSA) is 54.5 Å². The molecule has 0 saturated carbocycles. The molecule has 3 aromatic carbocycles. The molecule has 1 heterocycles. The average molecular weight is 403 g/mol. The van der Waals surface area contributed by atoms with Crippen LogP contribution in [0.3, 0.4) is 0 Å². The Morgan fingerprint density at radius 3 is 2.39 bits per heavy atom. The molecular weight excluding hydrogens is 388 g/mol. The van der Waals surface area contributed by atoms with Crippen molar-refractivity contribution in [2.75, 3.05) is 0 Å². The molecule has 28 heavy (non-hydrogen) atoms. The highest BCUT2D eigenvalue weighted by Gasteiger charge is 2.18. The van der Waals surface area contributed by atoms with Gasteiger partial charge < -0.3 is 0 Å². The van der Waals surface area contributed by atoms with Gasteiger partial charge in [0.2, 0.25) is 0 Å². The summed E-state index contributed by atoms with van der Waals surface area (Å²) < 4.78 is 2.00. The Morgan fingerprint density at radius 1 is 0.893 bits per heavy atom. The quantitative estimate of drug-likeness (QED) is 0.399. The van der Waals surface area contributed by atoms with Crippen molar-refractivity contribution in [1.29, 1.82) is 5.26 Å². The Bertz CT molecular complexity index is 1150. The summed E-state index contributed by atoms with van der Waals surface area (Å²) in [6.07, 6.45) is 0. The summed E-state index contributed by atoms with van der Waals surface area (Å²) in [5.41, 5.74) is 3.42. The number of halogens is 1. The van der Waals surface area contributed by atoms with Gasteiger partial charge in [-0.3, -0.25) is 4.57 Å². The summed E-state index contributed by atoms with van der Waals surface area (Å²) in [6.45, 7) is 0. The fourth-order valence-corrected chi connectivity index (χ4v) is 4.06. The van der Waals surface area contributed by atoms with Gasteiger partial charge in [-0.15, -0.1) is 10.2 Å². The molecule has 0 amide bonds. The number of thioether (sulfide) groups is 1. The number of nitriles is 1. The Balaban J connectivity index is 1.76. The minimum absolute atomic E-state index is 0.622. The number of rotatable bonds is 5. The second-order valence-electron chi connectivity index (χ2n) is 6.01. The minimum Gasteiger partial charge on any atom is -0.270 e. The molecule has 6 heteroatoms. The summed E-state index contributed by atoms with van der Waals surface area (Å²) in [7, 11) is 0. The first-order valence-electron chi connectivity index (χ1n) is 8.64. The summed E-state index contributed by atoms with van der Waals surface area (Å²) in [6, 6.07) is 27.4. The second-order valence-corrected chi connectivity index (χ2v) is 7.36. The summed E-state index contributed by atoms with van der Waals surface area (Å²) in [5, 5.41) is 19.5. The van der Waals surface area contributed by atoms with E-state index in [1.165, 1.54) is 0 Å². The van der Waals surface area contributed by atoms with Crippen molar-refractivity contribution in [3.05, 3.63) is 95.0 Å². The van der Waals surface area contributed by atoms with Crippen LogP contribution in [0.5, 0.6) is 0 Å². The van der Waals surface area contributed by atoms with Crippen molar-refractivity contribution in [3.8, 4) is 23.1 Å². The molecule has 4 aromatic rings. The number of hydrogen-bond acceptors (Lipinski definition) is 4. The summed E-state index contributed by atoms with van der Waals surface area (Å²) in [5.74, 6) is 1.31. The van der Waals surface area contributed by atoms with Gasteiger partial charge >= 0.3 is 0 Å². The highest BCUT2D eigenvalue weighted by molar-refractivity contribution is 7.98. The highest BCUT2D eigenvalue weighted by atomic mass is 35.5. The lowest BCUT2D eigenvalue weighted by Crippen LogP contribution is -2.00. The van der Waals surface area contributed by atoms with Crippen LogP contribution in [0.4, 0.5) is 0 Å². The van der Waals surface area contributed by atoms with E-state index in [0.29, 0.717) is 22.2 Å². The maximum absolute atomic E-state index is 9.32. The molecule has 0 aliphatic carbocycles. The molecular formula is C22H15ClN4S. The third-order valence-electron chi connectivity index (χ3n) is 4.26. The molecule has 0 spiro atoms. The van der Waals surface area contributed by atoms with E-state index >= 15 is 0 Å². The van der Waals surface area contributed by atoms with Crippen molar-refractivity contribution < 1.29 is 0 Å². The molecule has 4 rings (SSSR count).